The molecule has 3 rings (SSSR count). The minimum absolute atomic E-state index is 0.153. The van der Waals surface area contributed by atoms with Gasteiger partial charge >= 0.3 is 0 Å². The zero-order valence-corrected chi connectivity index (χ0v) is 16.0. The van der Waals surface area contributed by atoms with Crippen molar-refractivity contribution in [3.63, 3.8) is 0 Å². The number of hydrogen-bond donors (Lipinski definition) is 1. The molecule has 1 amide bonds. The van der Waals surface area contributed by atoms with Crippen LogP contribution in [0.1, 0.15) is 23.2 Å². The molecule has 1 saturated heterocycles. The first-order chi connectivity index (χ1) is 13.1. The van der Waals surface area contributed by atoms with Crippen LogP contribution in [0.2, 0.25) is 5.02 Å². The Morgan fingerprint density at radius 1 is 1.19 bits per heavy atom. The smallest absolute Gasteiger partial charge is 0.255 e. The van der Waals surface area contributed by atoms with E-state index in [0.717, 1.165) is 19.4 Å². The third-order valence-corrected chi connectivity index (χ3v) is 4.59. The molecule has 1 N–H and O–H groups in total. The maximum absolute atomic E-state index is 12.5. The van der Waals surface area contributed by atoms with Crippen LogP contribution in [0.25, 0.3) is 0 Å². The average Bonchev–Trinajstić information content (AvgIpc) is 3.20. The fraction of sp³-hybridized carbons (Fsp3) is 0.350. The first-order valence-corrected chi connectivity index (χ1v) is 9.06. The standard InChI is InChI=1S/C20H22ClNO5/c1-24-18-11-19(25-2)17(10-16(18)21)22-20(23)13-5-7-14(8-6-13)27-12-15-4-3-9-26-15/h5-8,10-11,15H,3-4,9,12H2,1-2H3,(H,22,23)/t15-/m0/s1. The van der Waals surface area contributed by atoms with Crippen molar-refractivity contribution in [1.82, 2.24) is 0 Å². The average molecular weight is 392 g/mol. The van der Waals surface area contributed by atoms with Crippen molar-refractivity contribution in [2.24, 2.45) is 0 Å². The van der Waals surface area contributed by atoms with Crippen LogP contribution >= 0.6 is 11.6 Å². The van der Waals surface area contributed by atoms with Gasteiger partial charge in [-0.25, -0.2) is 0 Å². The molecule has 0 unspecified atom stereocenters. The van der Waals surface area contributed by atoms with E-state index in [4.69, 9.17) is 30.5 Å². The summed E-state index contributed by atoms with van der Waals surface area (Å²) in [6, 6.07) is 10.2. The van der Waals surface area contributed by atoms with Gasteiger partial charge in [0.1, 0.15) is 23.9 Å². The number of amides is 1. The highest BCUT2D eigenvalue weighted by molar-refractivity contribution is 6.32. The molecule has 144 valence electrons. The molecule has 1 atom stereocenters. The van der Waals surface area contributed by atoms with E-state index in [0.29, 0.717) is 40.1 Å². The van der Waals surface area contributed by atoms with Crippen molar-refractivity contribution in [2.45, 2.75) is 18.9 Å². The van der Waals surface area contributed by atoms with Crippen LogP contribution < -0.4 is 19.5 Å². The third-order valence-electron chi connectivity index (χ3n) is 4.30. The van der Waals surface area contributed by atoms with Gasteiger partial charge in [-0.2, -0.15) is 0 Å². The summed E-state index contributed by atoms with van der Waals surface area (Å²) in [7, 11) is 3.03. The molecule has 6 nitrogen and oxygen atoms in total. The maximum Gasteiger partial charge on any atom is 0.255 e. The molecular formula is C20H22ClNO5. The maximum atomic E-state index is 12.5. The highest BCUT2D eigenvalue weighted by atomic mass is 35.5. The molecule has 1 aliphatic heterocycles. The van der Waals surface area contributed by atoms with E-state index in [1.165, 1.54) is 14.2 Å². The molecule has 7 heteroatoms. The number of nitrogens with one attached hydrogen (secondary N) is 1. The molecule has 2 aromatic rings. The van der Waals surface area contributed by atoms with Crippen molar-refractivity contribution in [3.05, 3.63) is 47.0 Å². The summed E-state index contributed by atoms with van der Waals surface area (Å²) in [6.45, 7) is 1.32. The van der Waals surface area contributed by atoms with Crippen LogP contribution in [0.15, 0.2) is 36.4 Å². The van der Waals surface area contributed by atoms with Crippen LogP contribution in [0.4, 0.5) is 5.69 Å². The van der Waals surface area contributed by atoms with Crippen LogP contribution in [-0.2, 0) is 4.74 Å². The molecule has 0 aliphatic carbocycles. The van der Waals surface area contributed by atoms with E-state index in [-0.39, 0.29) is 12.0 Å². The van der Waals surface area contributed by atoms with Gasteiger partial charge in [-0.1, -0.05) is 11.6 Å². The van der Waals surface area contributed by atoms with Gasteiger partial charge in [0, 0.05) is 18.2 Å². The summed E-state index contributed by atoms with van der Waals surface area (Å²) in [5, 5.41) is 3.18. The van der Waals surface area contributed by atoms with Gasteiger partial charge in [-0.3, -0.25) is 4.79 Å². The molecule has 1 heterocycles. The van der Waals surface area contributed by atoms with Gasteiger partial charge in [-0.05, 0) is 43.2 Å². The number of rotatable bonds is 7. The Balaban J connectivity index is 1.64. The minimum Gasteiger partial charge on any atom is -0.495 e. The molecule has 0 spiro atoms. The Morgan fingerprint density at radius 2 is 1.93 bits per heavy atom. The van der Waals surface area contributed by atoms with E-state index >= 15 is 0 Å². The normalized spacial score (nSPS) is 16.0. The highest BCUT2D eigenvalue weighted by Gasteiger charge is 2.16. The van der Waals surface area contributed by atoms with Gasteiger partial charge in [0.05, 0.1) is 31.0 Å². The minimum atomic E-state index is -0.278. The van der Waals surface area contributed by atoms with Gasteiger partial charge in [0.2, 0.25) is 0 Å². The Hall–Kier alpha value is -2.44. The number of benzene rings is 2. The van der Waals surface area contributed by atoms with E-state index in [1.807, 2.05) is 0 Å². The molecule has 27 heavy (non-hydrogen) atoms. The van der Waals surface area contributed by atoms with Crippen molar-refractivity contribution in [1.29, 1.82) is 0 Å². The lowest BCUT2D eigenvalue weighted by molar-refractivity contribution is 0.0679. The van der Waals surface area contributed by atoms with Gasteiger partial charge < -0.3 is 24.3 Å². The number of methoxy groups -OCH3 is 2. The Labute approximate surface area is 163 Å². The molecule has 0 aromatic heterocycles. The number of hydrogen-bond acceptors (Lipinski definition) is 5. The fourth-order valence-electron chi connectivity index (χ4n) is 2.82. The molecule has 1 aliphatic rings. The molecule has 2 aromatic carbocycles. The Kier molecular flexibility index (Phi) is 6.42. The summed E-state index contributed by atoms with van der Waals surface area (Å²) >= 11 is 6.14. The second-order valence-electron chi connectivity index (χ2n) is 6.11. The van der Waals surface area contributed by atoms with Crippen molar-refractivity contribution >= 4 is 23.2 Å². The second kappa shape index (κ2) is 8.97. The molecule has 1 fully saturated rings. The zero-order valence-electron chi connectivity index (χ0n) is 15.3. The van der Waals surface area contributed by atoms with E-state index in [1.54, 1.807) is 36.4 Å². The first kappa shape index (κ1) is 19.3. The fourth-order valence-corrected chi connectivity index (χ4v) is 3.06. The van der Waals surface area contributed by atoms with Gasteiger partial charge in [-0.15, -0.1) is 0 Å². The summed E-state index contributed by atoms with van der Waals surface area (Å²) < 4.78 is 21.7. The second-order valence-corrected chi connectivity index (χ2v) is 6.52. The summed E-state index contributed by atoms with van der Waals surface area (Å²) in [5.41, 5.74) is 0.959. The van der Waals surface area contributed by atoms with E-state index in [9.17, 15) is 4.79 Å². The predicted octanol–water partition coefficient (Wildman–Crippen LogP) is 4.17. The molecular weight excluding hydrogens is 370 g/mol. The molecule has 0 saturated carbocycles. The summed E-state index contributed by atoms with van der Waals surface area (Å²) in [6.07, 6.45) is 2.25. The lowest BCUT2D eigenvalue weighted by Gasteiger charge is -2.14. The molecule has 0 bridgehead atoms. The van der Waals surface area contributed by atoms with Crippen LogP contribution in [0, 0.1) is 0 Å². The topological polar surface area (TPSA) is 66.0 Å². The first-order valence-electron chi connectivity index (χ1n) is 8.68. The third kappa shape index (κ3) is 4.84. The number of halogens is 1. The predicted molar refractivity (Wildman–Crippen MR) is 103 cm³/mol. The largest absolute Gasteiger partial charge is 0.495 e. The van der Waals surface area contributed by atoms with Crippen molar-refractivity contribution < 1.29 is 23.7 Å². The van der Waals surface area contributed by atoms with E-state index < -0.39 is 0 Å². The van der Waals surface area contributed by atoms with E-state index in [2.05, 4.69) is 5.32 Å². The SMILES string of the molecule is COc1cc(OC)c(NC(=O)c2ccc(OC[C@@H]3CCCO3)cc2)cc1Cl. The zero-order chi connectivity index (χ0) is 19.2. The highest BCUT2D eigenvalue weighted by Crippen LogP contribution is 2.36. The number of carbonyl (C=O) groups is 1. The summed E-state index contributed by atoms with van der Waals surface area (Å²) in [4.78, 5) is 12.5. The van der Waals surface area contributed by atoms with Crippen LogP contribution in [-0.4, -0.2) is 39.4 Å². The van der Waals surface area contributed by atoms with Crippen LogP contribution in [0.5, 0.6) is 17.2 Å². The summed E-state index contributed by atoms with van der Waals surface area (Å²) in [5.74, 6) is 1.35. The monoisotopic (exact) mass is 391 g/mol. The Bertz CT molecular complexity index is 788. The van der Waals surface area contributed by atoms with Crippen LogP contribution in [0.3, 0.4) is 0 Å². The lowest BCUT2D eigenvalue weighted by atomic mass is 10.2. The van der Waals surface area contributed by atoms with Gasteiger partial charge in [0.15, 0.2) is 0 Å². The number of carbonyl (C=O) groups excluding carboxylic acids is 1. The quantitative estimate of drug-likeness (QED) is 0.767. The van der Waals surface area contributed by atoms with Crippen molar-refractivity contribution in [3.8, 4) is 17.2 Å². The Morgan fingerprint density at radius 3 is 2.56 bits per heavy atom. The number of ether oxygens (including phenoxy) is 4. The lowest BCUT2D eigenvalue weighted by Crippen LogP contribution is -2.16. The molecule has 0 radical (unpaired) electrons. The number of anilines is 1. The van der Waals surface area contributed by atoms with Crippen molar-refractivity contribution in [2.75, 3.05) is 32.8 Å². The van der Waals surface area contributed by atoms with Gasteiger partial charge in [0.25, 0.3) is 5.91 Å².